The van der Waals surface area contributed by atoms with Crippen molar-refractivity contribution in [1.82, 2.24) is 4.98 Å². The van der Waals surface area contributed by atoms with Crippen LogP contribution < -0.4 is 5.32 Å². The van der Waals surface area contributed by atoms with Crippen LogP contribution in [0.5, 0.6) is 0 Å². The van der Waals surface area contributed by atoms with Crippen molar-refractivity contribution in [1.29, 1.82) is 0 Å². The third kappa shape index (κ3) is 5.02. The number of aromatic amines is 1. The summed E-state index contributed by atoms with van der Waals surface area (Å²) < 4.78 is 5.02. The predicted molar refractivity (Wildman–Crippen MR) is 107 cm³/mol. The molecule has 0 unspecified atom stereocenters. The fourth-order valence-electron chi connectivity index (χ4n) is 2.77. The molecule has 3 rings (SSSR count). The molecule has 2 aromatic carbocycles. The summed E-state index contributed by atoms with van der Waals surface area (Å²) >= 11 is 12.0. The number of aryl methyl sites for hydroxylation is 1. The molecule has 0 saturated carbocycles. The van der Waals surface area contributed by atoms with Crippen LogP contribution in [0.15, 0.2) is 48.7 Å². The number of para-hydroxylation sites is 2. The highest BCUT2D eigenvalue weighted by Gasteiger charge is 2.12. The maximum absolute atomic E-state index is 11.9. The summed E-state index contributed by atoms with van der Waals surface area (Å²) in [5, 5.41) is 4.34. The zero-order chi connectivity index (χ0) is 19.2. The molecule has 0 aliphatic carbocycles. The number of carbonyl (C=O) groups is 2. The number of aromatic nitrogens is 1. The molecule has 0 fully saturated rings. The van der Waals surface area contributed by atoms with Gasteiger partial charge < -0.3 is 15.0 Å². The molecular weight excluding hydrogens is 387 g/mol. The molecule has 7 heteroatoms. The third-order valence-electron chi connectivity index (χ3n) is 4.09. The minimum Gasteiger partial charge on any atom is -0.456 e. The molecule has 0 atom stereocenters. The quantitative estimate of drug-likeness (QED) is 0.545. The number of nitrogens with one attached hydrogen (secondary N) is 2. The second-order valence-corrected chi connectivity index (χ2v) is 6.83. The Morgan fingerprint density at radius 3 is 2.56 bits per heavy atom. The Kier molecular flexibility index (Phi) is 6.37. The lowest BCUT2D eigenvalue weighted by Crippen LogP contribution is -2.21. The van der Waals surface area contributed by atoms with Crippen LogP contribution in [0.2, 0.25) is 10.0 Å². The van der Waals surface area contributed by atoms with E-state index in [1.54, 1.807) is 18.2 Å². The lowest BCUT2D eigenvalue weighted by atomic mass is 10.1. The summed E-state index contributed by atoms with van der Waals surface area (Å²) in [4.78, 5) is 27.0. The van der Waals surface area contributed by atoms with E-state index in [9.17, 15) is 9.59 Å². The standard InChI is InChI=1S/C20H18Cl2N2O3/c21-15-7-4-8-16(22)20(15)24-18(25)12-27-19(26)10-3-5-13-11-23-17-9-2-1-6-14(13)17/h1-2,4,6-9,11,23H,3,5,10,12H2,(H,24,25). The number of rotatable bonds is 7. The highest BCUT2D eigenvalue weighted by molar-refractivity contribution is 6.39. The molecule has 2 N–H and O–H groups in total. The van der Waals surface area contributed by atoms with Crippen LogP contribution in [0.4, 0.5) is 5.69 Å². The molecule has 0 aliphatic heterocycles. The van der Waals surface area contributed by atoms with E-state index < -0.39 is 11.9 Å². The van der Waals surface area contributed by atoms with E-state index >= 15 is 0 Å². The van der Waals surface area contributed by atoms with Gasteiger partial charge in [0.2, 0.25) is 0 Å². The summed E-state index contributed by atoms with van der Waals surface area (Å²) in [6, 6.07) is 12.9. The normalized spacial score (nSPS) is 10.7. The van der Waals surface area contributed by atoms with E-state index in [4.69, 9.17) is 27.9 Å². The van der Waals surface area contributed by atoms with Crippen LogP contribution in [0.25, 0.3) is 10.9 Å². The topological polar surface area (TPSA) is 71.2 Å². The first kappa shape index (κ1) is 19.3. The van der Waals surface area contributed by atoms with Crippen molar-refractivity contribution in [3.8, 4) is 0 Å². The van der Waals surface area contributed by atoms with Gasteiger partial charge in [0.05, 0.1) is 15.7 Å². The average molecular weight is 405 g/mol. The van der Waals surface area contributed by atoms with Gasteiger partial charge in [0.15, 0.2) is 6.61 Å². The highest BCUT2D eigenvalue weighted by atomic mass is 35.5. The van der Waals surface area contributed by atoms with Gasteiger partial charge in [-0.25, -0.2) is 0 Å². The van der Waals surface area contributed by atoms with Gasteiger partial charge in [0, 0.05) is 23.5 Å². The number of H-pyrrole nitrogens is 1. The molecule has 140 valence electrons. The Morgan fingerprint density at radius 1 is 1.04 bits per heavy atom. The number of ether oxygens (including phenoxy) is 1. The second-order valence-electron chi connectivity index (χ2n) is 6.02. The fourth-order valence-corrected chi connectivity index (χ4v) is 3.26. The molecule has 0 saturated heterocycles. The van der Waals surface area contributed by atoms with Crippen LogP contribution in [-0.2, 0) is 20.7 Å². The Balaban J connectivity index is 1.42. The van der Waals surface area contributed by atoms with Crippen molar-refractivity contribution in [3.63, 3.8) is 0 Å². The van der Waals surface area contributed by atoms with Crippen molar-refractivity contribution in [3.05, 3.63) is 64.3 Å². The van der Waals surface area contributed by atoms with E-state index in [1.807, 2.05) is 30.5 Å². The molecule has 1 amide bonds. The fraction of sp³-hybridized carbons (Fsp3) is 0.200. The molecule has 1 aromatic heterocycles. The van der Waals surface area contributed by atoms with Crippen LogP contribution in [0.3, 0.4) is 0 Å². The highest BCUT2D eigenvalue weighted by Crippen LogP contribution is 2.29. The van der Waals surface area contributed by atoms with Crippen LogP contribution in [0.1, 0.15) is 18.4 Å². The number of carbonyl (C=O) groups excluding carboxylic acids is 2. The molecule has 3 aromatic rings. The zero-order valence-electron chi connectivity index (χ0n) is 14.4. The number of fused-ring (bicyclic) bond motifs is 1. The smallest absolute Gasteiger partial charge is 0.306 e. The number of halogens is 2. The Bertz CT molecular complexity index is 949. The number of hydrogen-bond donors (Lipinski definition) is 2. The molecule has 0 radical (unpaired) electrons. The van der Waals surface area contributed by atoms with E-state index in [0.29, 0.717) is 22.2 Å². The Labute approximate surface area is 166 Å². The van der Waals surface area contributed by atoms with E-state index in [0.717, 1.165) is 22.9 Å². The summed E-state index contributed by atoms with van der Waals surface area (Å²) in [6.45, 7) is -0.381. The summed E-state index contributed by atoms with van der Waals surface area (Å²) in [7, 11) is 0. The number of anilines is 1. The first-order chi connectivity index (χ1) is 13.0. The minimum absolute atomic E-state index is 0.236. The lowest BCUT2D eigenvalue weighted by Gasteiger charge is -2.09. The summed E-state index contributed by atoms with van der Waals surface area (Å²) in [6.07, 6.45) is 3.58. The molecule has 1 heterocycles. The van der Waals surface area contributed by atoms with Crippen LogP contribution >= 0.6 is 23.2 Å². The van der Waals surface area contributed by atoms with Crippen molar-refractivity contribution in [2.75, 3.05) is 11.9 Å². The van der Waals surface area contributed by atoms with Gasteiger partial charge in [-0.1, -0.05) is 47.5 Å². The molecule has 27 heavy (non-hydrogen) atoms. The molecular formula is C20H18Cl2N2O3. The van der Waals surface area contributed by atoms with Gasteiger partial charge in [0.25, 0.3) is 5.91 Å². The molecule has 0 bridgehead atoms. The summed E-state index contributed by atoms with van der Waals surface area (Å²) in [5.74, 6) is -0.912. The van der Waals surface area contributed by atoms with Gasteiger partial charge >= 0.3 is 5.97 Å². The minimum atomic E-state index is -0.491. The van der Waals surface area contributed by atoms with E-state index in [1.165, 1.54) is 0 Å². The van der Waals surface area contributed by atoms with E-state index in [-0.39, 0.29) is 13.0 Å². The first-order valence-corrected chi connectivity index (χ1v) is 9.24. The third-order valence-corrected chi connectivity index (χ3v) is 4.72. The van der Waals surface area contributed by atoms with Gasteiger partial charge in [-0.05, 0) is 36.6 Å². The number of amides is 1. The second kappa shape index (κ2) is 8.93. The van der Waals surface area contributed by atoms with Gasteiger partial charge in [-0.15, -0.1) is 0 Å². The van der Waals surface area contributed by atoms with Crippen molar-refractivity contribution in [2.45, 2.75) is 19.3 Å². The Hall–Kier alpha value is -2.50. The van der Waals surface area contributed by atoms with Crippen molar-refractivity contribution in [2.24, 2.45) is 0 Å². The van der Waals surface area contributed by atoms with Crippen LogP contribution in [0, 0.1) is 0 Å². The molecule has 0 aliphatic rings. The number of benzene rings is 2. The number of hydrogen-bond acceptors (Lipinski definition) is 3. The number of esters is 1. The SMILES string of the molecule is O=C(COC(=O)CCCc1c[nH]c2ccccc12)Nc1c(Cl)cccc1Cl. The average Bonchev–Trinajstić information content (AvgIpc) is 3.06. The van der Waals surface area contributed by atoms with Gasteiger partial charge in [-0.2, -0.15) is 0 Å². The van der Waals surface area contributed by atoms with Crippen LogP contribution in [-0.4, -0.2) is 23.5 Å². The zero-order valence-corrected chi connectivity index (χ0v) is 15.9. The van der Waals surface area contributed by atoms with E-state index in [2.05, 4.69) is 10.3 Å². The summed E-state index contributed by atoms with van der Waals surface area (Å²) in [5.41, 5.74) is 2.54. The first-order valence-electron chi connectivity index (χ1n) is 8.49. The Morgan fingerprint density at radius 2 is 1.78 bits per heavy atom. The van der Waals surface area contributed by atoms with Crippen molar-refractivity contribution < 1.29 is 14.3 Å². The predicted octanol–water partition coefficient (Wildman–Crippen LogP) is 4.98. The van der Waals surface area contributed by atoms with Gasteiger partial charge in [-0.3, -0.25) is 9.59 Å². The maximum atomic E-state index is 11.9. The molecule has 5 nitrogen and oxygen atoms in total. The largest absolute Gasteiger partial charge is 0.456 e. The maximum Gasteiger partial charge on any atom is 0.306 e. The molecule has 0 spiro atoms. The van der Waals surface area contributed by atoms with Crippen molar-refractivity contribution >= 4 is 51.7 Å². The lowest BCUT2D eigenvalue weighted by molar-refractivity contribution is -0.147. The monoisotopic (exact) mass is 404 g/mol. The van der Waals surface area contributed by atoms with Gasteiger partial charge in [0.1, 0.15) is 0 Å².